The van der Waals surface area contributed by atoms with Gasteiger partial charge in [-0.3, -0.25) is 4.79 Å². The van der Waals surface area contributed by atoms with Crippen LogP contribution in [-0.4, -0.2) is 29.8 Å². The first-order valence-corrected chi connectivity index (χ1v) is 10.2. The summed E-state index contributed by atoms with van der Waals surface area (Å²) < 4.78 is 5.17. The molecule has 0 saturated heterocycles. The number of carbonyl (C=O) groups excluding carboxylic acids is 1. The highest BCUT2D eigenvalue weighted by Crippen LogP contribution is 2.35. The number of nitrogens with one attached hydrogen (secondary N) is 1. The van der Waals surface area contributed by atoms with Crippen molar-refractivity contribution >= 4 is 17.7 Å². The van der Waals surface area contributed by atoms with Gasteiger partial charge in [-0.15, -0.1) is 11.8 Å². The van der Waals surface area contributed by atoms with E-state index in [0.29, 0.717) is 17.4 Å². The standard InChI is InChI=1S/C21H26N2O2S/c1-25-17-12-10-16(11-13-17)6-4-14-22-20(24)19-9-5-15-23-21(19)26-18-7-2-3-8-18/h5,9-13,15,18H,2-4,6-8,14H2,1H3,(H,22,24). The molecular formula is C21H26N2O2S. The number of ether oxygens (including phenoxy) is 1. The Labute approximate surface area is 159 Å². The Balaban J connectivity index is 1.48. The van der Waals surface area contributed by atoms with Gasteiger partial charge in [0.1, 0.15) is 10.8 Å². The molecule has 1 heterocycles. The van der Waals surface area contributed by atoms with Crippen LogP contribution in [-0.2, 0) is 6.42 Å². The van der Waals surface area contributed by atoms with E-state index in [9.17, 15) is 4.79 Å². The third kappa shape index (κ3) is 5.24. The molecule has 0 spiro atoms. The summed E-state index contributed by atoms with van der Waals surface area (Å²) in [6.07, 6.45) is 8.64. The van der Waals surface area contributed by atoms with Crippen molar-refractivity contribution in [1.82, 2.24) is 10.3 Å². The number of amides is 1. The normalized spacial score (nSPS) is 14.3. The molecule has 0 radical (unpaired) electrons. The summed E-state index contributed by atoms with van der Waals surface area (Å²) in [6, 6.07) is 11.8. The molecule has 0 bridgehead atoms. The van der Waals surface area contributed by atoms with Crippen LogP contribution in [0.15, 0.2) is 47.6 Å². The summed E-state index contributed by atoms with van der Waals surface area (Å²) >= 11 is 1.76. The van der Waals surface area contributed by atoms with Crippen molar-refractivity contribution in [3.8, 4) is 5.75 Å². The topological polar surface area (TPSA) is 51.2 Å². The molecule has 0 aliphatic heterocycles. The summed E-state index contributed by atoms with van der Waals surface area (Å²) in [6.45, 7) is 0.660. The molecule has 1 saturated carbocycles. The van der Waals surface area contributed by atoms with Gasteiger partial charge in [-0.05, 0) is 55.5 Å². The zero-order chi connectivity index (χ0) is 18.2. The molecule has 1 aromatic heterocycles. The predicted octanol–water partition coefficient (Wildman–Crippen LogP) is 4.49. The molecule has 1 amide bonds. The Kier molecular flexibility index (Phi) is 6.95. The maximum atomic E-state index is 12.6. The fourth-order valence-electron chi connectivity index (χ4n) is 3.20. The molecule has 26 heavy (non-hydrogen) atoms. The number of hydrogen-bond donors (Lipinski definition) is 1. The number of aromatic nitrogens is 1. The minimum Gasteiger partial charge on any atom is -0.497 e. The van der Waals surface area contributed by atoms with E-state index < -0.39 is 0 Å². The van der Waals surface area contributed by atoms with Crippen LogP contribution >= 0.6 is 11.8 Å². The lowest BCUT2D eigenvalue weighted by Crippen LogP contribution is -2.25. The minimum absolute atomic E-state index is 0.0201. The third-order valence-electron chi connectivity index (χ3n) is 4.68. The van der Waals surface area contributed by atoms with Gasteiger partial charge in [0.05, 0.1) is 12.7 Å². The van der Waals surface area contributed by atoms with E-state index in [-0.39, 0.29) is 5.91 Å². The number of methoxy groups -OCH3 is 1. The molecule has 1 aliphatic carbocycles. The van der Waals surface area contributed by atoms with Gasteiger partial charge in [-0.2, -0.15) is 0 Å². The monoisotopic (exact) mass is 370 g/mol. The molecule has 0 unspecified atom stereocenters. The zero-order valence-electron chi connectivity index (χ0n) is 15.2. The van der Waals surface area contributed by atoms with Crippen LogP contribution in [0.2, 0.25) is 0 Å². The van der Waals surface area contributed by atoms with Gasteiger partial charge in [0.25, 0.3) is 5.91 Å². The van der Waals surface area contributed by atoms with Crippen LogP contribution in [0.1, 0.15) is 48.0 Å². The number of thioether (sulfide) groups is 1. The highest BCUT2D eigenvalue weighted by molar-refractivity contribution is 7.99. The number of aryl methyl sites for hydroxylation is 1. The average Bonchev–Trinajstić information content (AvgIpc) is 3.19. The third-order valence-corrected chi connectivity index (χ3v) is 6.04. The maximum Gasteiger partial charge on any atom is 0.254 e. The molecule has 1 aliphatic rings. The lowest BCUT2D eigenvalue weighted by molar-refractivity contribution is 0.0949. The molecule has 138 valence electrons. The number of pyridine rings is 1. The molecule has 5 heteroatoms. The minimum atomic E-state index is -0.0201. The summed E-state index contributed by atoms with van der Waals surface area (Å²) in [5.41, 5.74) is 1.95. The van der Waals surface area contributed by atoms with Crippen LogP contribution in [0, 0.1) is 0 Å². The van der Waals surface area contributed by atoms with Gasteiger partial charge >= 0.3 is 0 Å². The molecule has 2 aromatic rings. The van der Waals surface area contributed by atoms with Gasteiger partial charge in [0, 0.05) is 18.0 Å². The molecular weight excluding hydrogens is 344 g/mol. The lowest BCUT2D eigenvalue weighted by Gasteiger charge is -2.12. The van der Waals surface area contributed by atoms with Crippen LogP contribution < -0.4 is 10.1 Å². The molecule has 1 fully saturated rings. The summed E-state index contributed by atoms with van der Waals surface area (Å²) in [5.74, 6) is 0.847. The maximum absolute atomic E-state index is 12.6. The van der Waals surface area contributed by atoms with E-state index in [4.69, 9.17) is 4.74 Å². The first-order chi connectivity index (χ1) is 12.8. The van der Waals surface area contributed by atoms with E-state index in [2.05, 4.69) is 22.4 Å². The quantitative estimate of drug-likeness (QED) is 0.696. The number of nitrogens with zero attached hydrogens (tertiary/aromatic N) is 1. The van der Waals surface area contributed by atoms with Gasteiger partial charge in [0.15, 0.2) is 0 Å². The number of carbonyl (C=O) groups is 1. The SMILES string of the molecule is COc1ccc(CCCNC(=O)c2cccnc2SC2CCCC2)cc1. The van der Waals surface area contributed by atoms with Crippen molar-refractivity contribution in [3.63, 3.8) is 0 Å². The van der Waals surface area contributed by atoms with Gasteiger partial charge in [-0.1, -0.05) is 25.0 Å². The van der Waals surface area contributed by atoms with E-state index in [1.807, 2.05) is 24.3 Å². The van der Waals surface area contributed by atoms with Crippen molar-refractivity contribution in [2.24, 2.45) is 0 Å². The smallest absolute Gasteiger partial charge is 0.254 e. The van der Waals surface area contributed by atoms with Gasteiger partial charge in [0.2, 0.25) is 0 Å². The number of rotatable bonds is 8. The van der Waals surface area contributed by atoms with E-state index in [1.165, 1.54) is 31.2 Å². The van der Waals surface area contributed by atoms with Crippen LogP contribution in [0.4, 0.5) is 0 Å². The Bertz CT molecular complexity index is 712. The van der Waals surface area contributed by atoms with Crippen molar-refractivity contribution < 1.29 is 9.53 Å². The van der Waals surface area contributed by atoms with Crippen LogP contribution in [0.25, 0.3) is 0 Å². The lowest BCUT2D eigenvalue weighted by atomic mass is 10.1. The van der Waals surface area contributed by atoms with Crippen LogP contribution in [0.3, 0.4) is 0 Å². The predicted molar refractivity (Wildman–Crippen MR) is 106 cm³/mol. The fraction of sp³-hybridized carbons (Fsp3) is 0.429. The Morgan fingerprint density at radius 1 is 1.23 bits per heavy atom. The van der Waals surface area contributed by atoms with Crippen molar-refractivity contribution in [1.29, 1.82) is 0 Å². The molecule has 4 nitrogen and oxygen atoms in total. The molecule has 3 rings (SSSR count). The summed E-state index contributed by atoms with van der Waals surface area (Å²) in [5, 5.41) is 4.51. The first kappa shape index (κ1) is 18.8. The average molecular weight is 371 g/mol. The highest BCUT2D eigenvalue weighted by Gasteiger charge is 2.20. The van der Waals surface area contributed by atoms with Crippen molar-refractivity contribution in [2.75, 3.05) is 13.7 Å². The largest absolute Gasteiger partial charge is 0.497 e. The van der Waals surface area contributed by atoms with Gasteiger partial charge in [-0.25, -0.2) is 4.98 Å². The van der Waals surface area contributed by atoms with E-state index in [0.717, 1.165) is 23.6 Å². The fourth-order valence-corrected chi connectivity index (χ4v) is 4.50. The van der Waals surface area contributed by atoms with Gasteiger partial charge < -0.3 is 10.1 Å². The Morgan fingerprint density at radius 3 is 2.73 bits per heavy atom. The highest BCUT2D eigenvalue weighted by atomic mass is 32.2. The number of benzene rings is 1. The van der Waals surface area contributed by atoms with E-state index >= 15 is 0 Å². The molecule has 1 N–H and O–H groups in total. The van der Waals surface area contributed by atoms with Crippen molar-refractivity contribution in [3.05, 3.63) is 53.7 Å². The first-order valence-electron chi connectivity index (χ1n) is 9.29. The summed E-state index contributed by atoms with van der Waals surface area (Å²) in [7, 11) is 1.67. The Hall–Kier alpha value is -2.01. The second-order valence-corrected chi connectivity index (χ2v) is 7.88. The molecule has 1 aromatic carbocycles. The van der Waals surface area contributed by atoms with Crippen LogP contribution in [0.5, 0.6) is 5.75 Å². The molecule has 0 atom stereocenters. The summed E-state index contributed by atoms with van der Waals surface area (Å²) in [4.78, 5) is 17.0. The van der Waals surface area contributed by atoms with E-state index in [1.54, 1.807) is 25.1 Å². The Morgan fingerprint density at radius 2 is 2.00 bits per heavy atom. The zero-order valence-corrected chi connectivity index (χ0v) is 16.1. The number of hydrogen-bond acceptors (Lipinski definition) is 4. The van der Waals surface area contributed by atoms with Crippen molar-refractivity contribution in [2.45, 2.75) is 48.8 Å². The second kappa shape index (κ2) is 9.62. The second-order valence-electron chi connectivity index (χ2n) is 6.59.